The topological polar surface area (TPSA) is 17.1 Å². The number of carbonyl (C=O) groups excluding carboxylic acids is 1. The number of halogens is 2. The van der Waals surface area contributed by atoms with Crippen LogP contribution in [0.25, 0.3) is 0 Å². The summed E-state index contributed by atoms with van der Waals surface area (Å²) < 4.78 is -1.19. The Balaban J connectivity index is 3.82. The molecule has 0 aliphatic carbocycles. The average molecular weight is 155 g/mol. The van der Waals surface area contributed by atoms with Crippen molar-refractivity contribution in [3.63, 3.8) is 0 Å². The lowest BCUT2D eigenvalue weighted by Crippen LogP contribution is -2.19. The second-order valence-electron chi connectivity index (χ2n) is 1.67. The predicted molar refractivity (Wildman–Crippen MR) is 35.4 cm³/mol. The molecular formula is C5H8Cl2O. The van der Waals surface area contributed by atoms with Crippen molar-refractivity contribution in [2.45, 2.75) is 24.6 Å². The van der Waals surface area contributed by atoms with E-state index in [4.69, 9.17) is 23.2 Å². The smallest absolute Gasteiger partial charge is 0.173 e. The molecule has 0 aliphatic rings. The molecule has 0 fully saturated rings. The van der Waals surface area contributed by atoms with Crippen LogP contribution in [0.4, 0.5) is 0 Å². The molecule has 0 aromatic heterocycles. The first kappa shape index (κ1) is 8.25. The summed E-state index contributed by atoms with van der Waals surface area (Å²) in [5.74, 6) is -0.138. The fraction of sp³-hybridized carbons (Fsp3) is 0.800. The molecule has 0 amide bonds. The zero-order valence-electron chi connectivity index (χ0n) is 4.87. The third kappa shape index (κ3) is 2.53. The third-order valence-electron chi connectivity index (χ3n) is 0.811. The summed E-state index contributed by atoms with van der Waals surface area (Å²) in [6.07, 6.45) is 0.392. The van der Waals surface area contributed by atoms with Crippen molar-refractivity contribution in [2.75, 3.05) is 0 Å². The summed E-state index contributed by atoms with van der Waals surface area (Å²) in [6, 6.07) is 0. The van der Waals surface area contributed by atoms with Gasteiger partial charge in [-0.25, -0.2) is 0 Å². The van der Waals surface area contributed by atoms with Gasteiger partial charge < -0.3 is 0 Å². The van der Waals surface area contributed by atoms with Gasteiger partial charge in [-0.15, -0.1) is 0 Å². The summed E-state index contributed by atoms with van der Waals surface area (Å²) in [6.45, 7) is 3.20. The molecule has 0 atom stereocenters. The third-order valence-corrected chi connectivity index (χ3v) is 1.23. The van der Waals surface area contributed by atoms with Crippen LogP contribution in [0.2, 0.25) is 0 Å². The fourth-order valence-electron chi connectivity index (χ4n) is 0.310. The SMILES string of the molecule is CCC(=O)C(C)(Cl)Cl. The summed E-state index contributed by atoms with van der Waals surface area (Å²) in [4.78, 5) is 10.6. The Morgan fingerprint density at radius 3 is 2.00 bits per heavy atom. The Kier molecular flexibility index (Phi) is 2.78. The van der Waals surface area contributed by atoms with Gasteiger partial charge in [-0.05, 0) is 6.92 Å². The van der Waals surface area contributed by atoms with Crippen LogP contribution in [0.15, 0.2) is 0 Å². The molecule has 0 heterocycles. The highest BCUT2D eigenvalue weighted by Gasteiger charge is 2.24. The largest absolute Gasteiger partial charge is 0.296 e. The van der Waals surface area contributed by atoms with E-state index in [2.05, 4.69) is 0 Å². The summed E-state index contributed by atoms with van der Waals surface area (Å²) in [5, 5.41) is 0. The van der Waals surface area contributed by atoms with Gasteiger partial charge in [0.25, 0.3) is 0 Å². The molecule has 0 aromatic rings. The van der Waals surface area contributed by atoms with Crippen molar-refractivity contribution in [3.05, 3.63) is 0 Å². The highest BCUT2D eigenvalue weighted by molar-refractivity contribution is 6.57. The Bertz CT molecular complexity index is 93.1. The number of ketones is 1. The zero-order valence-corrected chi connectivity index (χ0v) is 6.38. The minimum Gasteiger partial charge on any atom is -0.296 e. The van der Waals surface area contributed by atoms with Crippen LogP contribution in [0, 0.1) is 0 Å². The number of alkyl halides is 2. The predicted octanol–water partition coefficient (Wildman–Crippen LogP) is 2.16. The van der Waals surface area contributed by atoms with Crippen LogP contribution in [0.5, 0.6) is 0 Å². The second kappa shape index (κ2) is 2.70. The van der Waals surface area contributed by atoms with Gasteiger partial charge in [-0.1, -0.05) is 30.1 Å². The molecule has 0 spiro atoms. The first-order chi connectivity index (χ1) is 3.48. The molecule has 1 nitrogen and oxygen atoms in total. The van der Waals surface area contributed by atoms with Crippen molar-refractivity contribution in [1.82, 2.24) is 0 Å². The van der Waals surface area contributed by atoms with Crippen LogP contribution in [-0.2, 0) is 4.79 Å². The van der Waals surface area contributed by atoms with Crippen molar-refractivity contribution in [3.8, 4) is 0 Å². The number of carbonyl (C=O) groups is 1. The first-order valence-corrected chi connectivity index (χ1v) is 3.15. The van der Waals surface area contributed by atoms with Gasteiger partial charge in [0.2, 0.25) is 0 Å². The number of Topliss-reactive ketones (excluding diaryl/α,β-unsaturated/α-hetero) is 1. The monoisotopic (exact) mass is 154 g/mol. The maximum absolute atomic E-state index is 10.6. The molecule has 0 radical (unpaired) electrons. The lowest BCUT2D eigenvalue weighted by Gasteiger charge is -2.07. The molecule has 0 aliphatic heterocycles. The van der Waals surface area contributed by atoms with Crippen molar-refractivity contribution in [1.29, 1.82) is 0 Å². The minimum atomic E-state index is -1.19. The molecular weight excluding hydrogens is 147 g/mol. The molecule has 0 rings (SSSR count). The molecule has 0 N–H and O–H groups in total. The van der Waals surface area contributed by atoms with Gasteiger partial charge in [0.1, 0.15) is 0 Å². The van der Waals surface area contributed by atoms with Crippen LogP contribution in [0.1, 0.15) is 20.3 Å². The number of rotatable bonds is 2. The van der Waals surface area contributed by atoms with E-state index in [1.165, 1.54) is 6.92 Å². The highest BCUT2D eigenvalue weighted by Crippen LogP contribution is 2.21. The lowest BCUT2D eigenvalue weighted by atomic mass is 10.2. The minimum absolute atomic E-state index is 0.138. The molecule has 0 bridgehead atoms. The summed E-state index contributed by atoms with van der Waals surface area (Å²) in [5.41, 5.74) is 0. The van der Waals surface area contributed by atoms with E-state index < -0.39 is 4.33 Å². The molecule has 8 heavy (non-hydrogen) atoms. The standard InChI is InChI=1S/C5H8Cl2O/c1-3-4(8)5(2,6)7/h3H2,1-2H3. The Labute approximate surface area is 59.0 Å². The van der Waals surface area contributed by atoms with E-state index in [0.717, 1.165) is 0 Å². The van der Waals surface area contributed by atoms with Gasteiger partial charge in [0.15, 0.2) is 10.1 Å². The molecule has 0 aromatic carbocycles. The average Bonchev–Trinajstić information content (AvgIpc) is 1.62. The number of hydrogen-bond acceptors (Lipinski definition) is 1. The van der Waals surface area contributed by atoms with Crippen LogP contribution in [-0.4, -0.2) is 10.1 Å². The normalized spacial score (nSPS) is 11.5. The second-order valence-corrected chi connectivity index (χ2v) is 3.37. The van der Waals surface area contributed by atoms with Crippen molar-refractivity contribution in [2.24, 2.45) is 0 Å². The highest BCUT2D eigenvalue weighted by atomic mass is 35.5. The van der Waals surface area contributed by atoms with E-state index in [9.17, 15) is 4.79 Å². The van der Waals surface area contributed by atoms with Gasteiger partial charge in [0.05, 0.1) is 0 Å². The molecule has 0 unspecified atom stereocenters. The molecule has 48 valence electrons. The van der Waals surface area contributed by atoms with Crippen LogP contribution < -0.4 is 0 Å². The first-order valence-electron chi connectivity index (χ1n) is 2.39. The van der Waals surface area contributed by atoms with Crippen molar-refractivity contribution >= 4 is 29.0 Å². The molecule has 0 saturated carbocycles. The Morgan fingerprint density at radius 1 is 1.62 bits per heavy atom. The van der Waals surface area contributed by atoms with E-state index in [-0.39, 0.29) is 5.78 Å². The van der Waals surface area contributed by atoms with Gasteiger partial charge >= 0.3 is 0 Å². The summed E-state index contributed by atoms with van der Waals surface area (Å²) in [7, 11) is 0. The Morgan fingerprint density at radius 2 is 2.00 bits per heavy atom. The van der Waals surface area contributed by atoms with Gasteiger partial charge in [-0.3, -0.25) is 4.79 Å². The van der Waals surface area contributed by atoms with E-state index >= 15 is 0 Å². The lowest BCUT2D eigenvalue weighted by molar-refractivity contribution is -0.119. The zero-order chi connectivity index (χ0) is 6.78. The van der Waals surface area contributed by atoms with Crippen LogP contribution in [0.3, 0.4) is 0 Å². The van der Waals surface area contributed by atoms with E-state index in [0.29, 0.717) is 6.42 Å². The van der Waals surface area contributed by atoms with E-state index in [1.807, 2.05) is 0 Å². The maximum atomic E-state index is 10.6. The molecule has 3 heteroatoms. The van der Waals surface area contributed by atoms with Gasteiger partial charge in [-0.2, -0.15) is 0 Å². The maximum Gasteiger partial charge on any atom is 0.173 e. The summed E-state index contributed by atoms with van der Waals surface area (Å²) >= 11 is 10.8. The van der Waals surface area contributed by atoms with Gasteiger partial charge in [0, 0.05) is 6.42 Å². The van der Waals surface area contributed by atoms with Crippen LogP contribution >= 0.6 is 23.2 Å². The number of hydrogen-bond donors (Lipinski definition) is 0. The fourth-order valence-corrected chi connectivity index (χ4v) is 0.578. The molecule has 0 saturated heterocycles. The van der Waals surface area contributed by atoms with E-state index in [1.54, 1.807) is 6.92 Å². The Hall–Kier alpha value is 0.250. The quantitative estimate of drug-likeness (QED) is 0.558. The van der Waals surface area contributed by atoms with Crippen molar-refractivity contribution < 1.29 is 4.79 Å².